The molecule has 1 rings (SSSR count). The number of likely N-dealkylation sites (tertiary alicyclic amines) is 1. The van der Waals surface area contributed by atoms with Crippen LogP contribution in [0.25, 0.3) is 0 Å². The van der Waals surface area contributed by atoms with Gasteiger partial charge >= 0.3 is 0 Å². The summed E-state index contributed by atoms with van der Waals surface area (Å²) in [7, 11) is 0. The first-order valence-corrected chi connectivity index (χ1v) is 6.10. The van der Waals surface area contributed by atoms with Gasteiger partial charge in [-0.15, -0.1) is 0 Å². The molecule has 2 unspecified atom stereocenters. The average molecular weight is 226 g/mol. The lowest BCUT2D eigenvalue weighted by molar-refractivity contribution is -0.129. The molecule has 4 heteroatoms. The fourth-order valence-corrected chi connectivity index (χ4v) is 1.83. The highest BCUT2D eigenvalue weighted by Crippen LogP contribution is 2.10. The van der Waals surface area contributed by atoms with Gasteiger partial charge in [-0.05, 0) is 33.2 Å². The van der Waals surface area contributed by atoms with Crippen molar-refractivity contribution in [3.05, 3.63) is 0 Å². The SMILES string of the molecule is CCC(C)NC(=O)C(C)N1CCCC(=O)C1. The summed E-state index contributed by atoms with van der Waals surface area (Å²) in [5.41, 5.74) is 0. The van der Waals surface area contributed by atoms with Gasteiger partial charge in [-0.1, -0.05) is 6.92 Å². The Morgan fingerprint density at radius 1 is 1.50 bits per heavy atom. The molecule has 0 aromatic carbocycles. The number of carbonyl (C=O) groups excluding carboxylic acids is 2. The summed E-state index contributed by atoms with van der Waals surface area (Å²) in [5, 5.41) is 2.95. The van der Waals surface area contributed by atoms with Crippen molar-refractivity contribution < 1.29 is 9.59 Å². The van der Waals surface area contributed by atoms with Crippen molar-refractivity contribution in [3.8, 4) is 0 Å². The number of ketones is 1. The van der Waals surface area contributed by atoms with E-state index in [1.54, 1.807) is 0 Å². The van der Waals surface area contributed by atoms with Crippen molar-refractivity contribution in [2.24, 2.45) is 0 Å². The van der Waals surface area contributed by atoms with Crippen LogP contribution in [0, 0.1) is 0 Å². The minimum absolute atomic E-state index is 0.0315. The molecule has 1 N–H and O–H groups in total. The Hall–Kier alpha value is -0.900. The molecule has 16 heavy (non-hydrogen) atoms. The summed E-state index contributed by atoms with van der Waals surface area (Å²) in [6, 6.07) is 0.00805. The van der Waals surface area contributed by atoms with Gasteiger partial charge in [0.2, 0.25) is 5.91 Å². The van der Waals surface area contributed by atoms with Crippen LogP contribution in [-0.2, 0) is 9.59 Å². The number of Topliss-reactive ketones (excluding diaryl/α,β-unsaturated/α-hetero) is 1. The molecule has 1 amide bonds. The minimum Gasteiger partial charge on any atom is -0.352 e. The average Bonchev–Trinajstić information content (AvgIpc) is 2.27. The van der Waals surface area contributed by atoms with Gasteiger partial charge in [-0.2, -0.15) is 0 Å². The molecule has 0 aromatic rings. The zero-order valence-corrected chi connectivity index (χ0v) is 10.5. The first-order valence-electron chi connectivity index (χ1n) is 6.10. The summed E-state index contributed by atoms with van der Waals surface area (Å²) in [6.45, 7) is 7.18. The summed E-state index contributed by atoms with van der Waals surface area (Å²) in [6.07, 6.45) is 2.47. The second-order valence-corrected chi connectivity index (χ2v) is 4.61. The van der Waals surface area contributed by atoms with Crippen molar-refractivity contribution in [3.63, 3.8) is 0 Å². The van der Waals surface area contributed by atoms with E-state index in [9.17, 15) is 9.59 Å². The Labute approximate surface area is 97.4 Å². The highest BCUT2D eigenvalue weighted by molar-refractivity contribution is 5.84. The van der Waals surface area contributed by atoms with Gasteiger partial charge in [0.05, 0.1) is 12.6 Å². The minimum atomic E-state index is -0.196. The molecule has 0 spiro atoms. The Balaban J connectivity index is 2.46. The number of hydrogen-bond donors (Lipinski definition) is 1. The fraction of sp³-hybridized carbons (Fsp3) is 0.833. The Morgan fingerprint density at radius 3 is 2.75 bits per heavy atom. The van der Waals surface area contributed by atoms with Gasteiger partial charge < -0.3 is 5.32 Å². The molecule has 0 bridgehead atoms. The topological polar surface area (TPSA) is 49.4 Å². The van der Waals surface area contributed by atoms with Crippen molar-refractivity contribution in [2.45, 2.75) is 52.1 Å². The molecule has 1 aliphatic heterocycles. The predicted octanol–water partition coefficient (Wildman–Crippen LogP) is 0.954. The molecular formula is C12H22N2O2. The fourth-order valence-electron chi connectivity index (χ4n) is 1.83. The molecule has 92 valence electrons. The Kier molecular flexibility index (Phi) is 4.93. The molecule has 2 atom stereocenters. The van der Waals surface area contributed by atoms with Crippen LogP contribution in [0.3, 0.4) is 0 Å². The van der Waals surface area contributed by atoms with Crippen molar-refractivity contribution in [1.29, 1.82) is 0 Å². The zero-order chi connectivity index (χ0) is 12.1. The Bertz CT molecular complexity index is 266. The van der Waals surface area contributed by atoms with Crippen LogP contribution < -0.4 is 5.32 Å². The van der Waals surface area contributed by atoms with Gasteiger partial charge in [-0.3, -0.25) is 14.5 Å². The van der Waals surface area contributed by atoms with Crippen LogP contribution in [-0.4, -0.2) is 41.8 Å². The standard InChI is InChI=1S/C12H22N2O2/c1-4-9(2)13-12(16)10(3)14-7-5-6-11(15)8-14/h9-10H,4-8H2,1-3H3,(H,13,16). The third-order valence-corrected chi connectivity index (χ3v) is 3.21. The smallest absolute Gasteiger partial charge is 0.237 e. The lowest BCUT2D eigenvalue weighted by Crippen LogP contribution is -2.50. The molecule has 0 saturated carbocycles. The van der Waals surface area contributed by atoms with Gasteiger partial charge in [-0.25, -0.2) is 0 Å². The van der Waals surface area contributed by atoms with Crippen molar-refractivity contribution in [2.75, 3.05) is 13.1 Å². The molecule has 1 heterocycles. The number of carbonyl (C=O) groups is 2. The van der Waals surface area contributed by atoms with Gasteiger partial charge in [0, 0.05) is 12.5 Å². The summed E-state index contributed by atoms with van der Waals surface area (Å²) in [5.74, 6) is 0.276. The highest BCUT2D eigenvalue weighted by Gasteiger charge is 2.26. The van der Waals surface area contributed by atoms with E-state index < -0.39 is 0 Å². The van der Waals surface area contributed by atoms with E-state index in [1.165, 1.54) is 0 Å². The van der Waals surface area contributed by atoms with Crippen molar-refractivity contribution in [1.82, 2.24) is 10.2 Å². The number of hydrogen-bond acceptors (Lipinski definition) is 3. The highest BCUT2D eigenvalue weighted by atomic mass is 16.2. The van der Waals surface area contributed by atoms with Crippen LogP contribution in [0.15, 0.2) is 0 Å². The molecule has 0 aromatic heterocycles. The molecule has 1 saturated heterocycles. The maximum atomic E-state index is 11.9. The molecule has 0 radical (unpaired) electrons. The van der Waals surface area contributed by atoms with Crippen LogP contribution in [0.2, 0.25) is 0 Å². The van der Waals surface area contributed by atoms with Crippen LogP contribution in [0.4, 0.5) is 0 Å². The molecule has 0 aliphatic carbocycles. The third kappa shape index (κ3) is 3.59. The lowest BCUT2D eigenvalue weighted by Gasteiger charge is -2.31. The number of rotatable bonds is 4. The lowest BCUT2D eigenvalue weighted by atomic mass is 10.1. The maximum absolute atomic E-state index is 11.9. The van der Waals surface area contributed by atoms with Gasteiger partial charge in [0.1, 0.15) is 5.78 Å². The van der Waals surface area contributed by atoms with E-state index in [-0.39, 0.29) is 23.8 Å². The van der Waals surface area contributed by atoms with Gasteiger partial charge in [0.15, 0.2) is 0 Å². The molecule has 1 fully saturated rings. The monoisotopic (exact) mass is 226 g/mol. The summed E-state index contributed by atoms with van der Waals surface area (Å²) in [4.78, 5) is 25.1. The molecular weight excluding hydrogens is 204 g/mol. The van der Waals surface area contributed by atoms with E-state index in [0.29, 0.717) is 13.0 Å². The number of piperidine rings is 1. The van der Waals surface area contributed by atoms with Crippen molar-refractivity contribution >= 4 is 11.7 Å². The largest absolute Gasteiger partial charge is 0.352 e. The molecule has 1 aliphatic rings. The van der Waals surface area contributed by atoms with E-state index in [1.807, 2.05) is 25.7 Å². The van der Waals surface area contributed by atoms with Crippen LogP contribution in [0.1, 0.15) is 40.0 Å². The van der Waals surface area contributed by atoms with Crippen LogP contribution in [0.5, 0.6) is 0 Å². The van der Waals surface area contributed by atoms with Crippen LogP contribution >= 0.6 is 0 Å². The third-order valence-electron chi connectivity index (χ3n) is 3.21. The summed E-state index contributed by atoms with van der Waals surface area (Å²) >= 11 is 0. The first-order chi connectivity index (χ1) is 7.54. The number of amides is 1. The van der Waals surface area contributed by atoms with E-state index >= 15 is 0 Å². The van der Waals surface area contributed by atoms with Gasteiger partial charge in [0.25, 0.3) is 0 Å². The first kappa shape index (κ1) is 13.2. The maximum Gasteiger partial charge on any atom is 0.237 e. The second-order valence-electron chi connectivity index (χ2n) is 4.61. The Morgan fingerprint density at radius 2 is 2.19 bits per heavy atom. The zero-order valence-electron chi connectivity index (χ0n) is 10.5. The van der Waals surface area contributed by atoms with E-state index in [4.69, 9.17) is 0 Å². The predicted molar refractivity (Wildman–Crippen MR) is 63.2 cm³/mol. The summed E-state index contributed by atoms with van der Waals surface area (Å²) < 4.78 is 0. The molecule has 4 nitrogen and oxygen atoms in total. The second kappa shape index (κ2) is 5.99. The van der Waals surface area contributed by atoms with E-state index in [2.05, 4.69) is 5.32 Å². The normalized spacial score (nSPS) is 21.6. The number of nitrogens with zero attached hydrogens (tertiary/aromatic N) is 1. The number of nitrogens with one attached hydrogen (secondary N) is 1. The van der Waals surface area contributed by atoms with E-state index in [0.717, 1.165) is 19.4 Å². The quantitative estimate of drug-likeness (QED) is 0.776.